The van der Waals surface area contributed by atoms with Gasteiger partial charge in [-0.15, -0.1) is 0 Å². The largest absolute Gasteiger partial charge is 0.352 e. The predicted molar refractivity (Wildman–Crippen MR) is 94.3 cm³/mol. The number of halogens is 1. The first-order valence-corrected chi connectivity index (χ1v) is 8.07. The molecule has 2 aromatic rings. The number of carbonyl (C=O) groups excluding carboxylic acids is 1. The van der Waals surface area contributed by atoms with Crippen molar-refractivity contribution in [2.75, 3.05) is 20.1 Å². The second kappa shape index (κ2) is 7.62. The number of nitrogens with zero attached hydrogens (tertiary/aromatic N) is 1. The lowest BCUT2D eigenvalue weighted by Crippen LogP contribution is -2.31. The second-order valence-corrected chi connectivity index (χ2v) is 6.36. The molecule has 0 aliphatic carbocycles. The highest BCUT2D eigenvalue weighted by Gasteiger charge is 2.12. The highest BCUT2D eigenvalue weighted by Crippen LogP contribution is 2.20. The van der Waals surface area contributed by atoms with E-state index in [0.717, 1.165) is 13.0 Å². The summed E-state index contributed by atoms with van der Waals surface area (Å²) < 4.78 is 0. The summed E-state index contributed by atoms with van der Waals surface area (Å²) in [5.74, 6) is -0.254. The Balaban J connectivity index is 2.09. The molecule has 0 saturated heterocycles. The number of aromatic amines is 1. The van der Waals surface area contributed by atoms with Crippen LogP contribution in [0.15, 0.2) is 29.1 Å². The molecule has 23 heavy (non-hydrogen) atoms. The van der Waals surface area contributed by atoms with Gasteiger partial charge >= 0.3 is 0 Å². The molecule has 1 aromatic heterocycles. The van der Waals surface area contributed by atoms with Gasteiger partial charge in [-0.25, -0.2) is 0 Å². The minimum atomic E-state index is -0.301. The monoisotopic (exact) mass is 335 g/mol. The van der Waals surface area contributed by atoms with E-state index in [2.05, 4.69) is 36.1 Å². The fourth-order valence-electron chi connectivity index (χ4n) is 2.30. The molecule has 0 fully saturated rings. The average molecular weight is 336 g/mol. The van der Waals surface area contributed by atoms with E-state index in [-0.39, 0.29) is 11.5 Å². The van der Waals surface area contributed by atoms with Gasteiger partial charge in [0.1, 0.15) is 0 Å². The molecule has 0 spiro atoms. The smallest absolute Gasteiger partial charge is 0.252 e. The van der Waals surface area contributed by atoms with Crippen LogP contribution >= 0.6 is 11.6 Å². The lowest BCUT2D eigenvalue weighted by molar-refractivity contribution is 0.0953. The van der Waals surface area contributed by atoms with E-state index < -0.39 is 0 Å². The fourth-order valence-corrected chi connectivity index (χ4v) is 2.47. The molecule has 0 atom stereocenters. The van der Waals surface area contributed by atoms with Crippen LogP contribution in [0.2, 0.25) is 5.02 Å². The van der Waals surface area contributed by atoms with Crippen LogP contribution in [-0.4, -0.2) is 42.0 Å². The van der Waals surface area contributed by atoms with Crippen molar-refractivity contribution in [2.24, 2.45) is 0 Å². The first-order valence-electron chi connectivity index (χ1n) is 7.69. The van der Waals surface area contributed by atoms with Gasteiger partial charge in [-0.2, -0.15) is 0 Å². The van der Waals surface area contributed by atoms with Crippen molar-refractivity contribution >= 4 is 28.4 Å². The molecule has 0 aliphatic heterocycles. The molecular formula is C17H22ClN3O2. The van der Waals surface area contributed by atoms with Gasteiger partial charge in [-0.05, 0) is 52.1 Å². The number of benzene rings is 1. The van der Waals surface area contributed by atoms with E-state index in [0.29, 0.717) is 34.1 Å². The average Bonchev–Trinajstić information content (AvgIpc) is 2.50. The Morgan fingerprint density at radius 2 is 2.09 bits per heavy atom. The summed E-state index contributed by atoms with van der Waals surface area (Å²) in [6.45, 7) is 5.72. The Morgan fingerprint density at radius 3 is 2.78 bits per heavy atom. The van der Waals surface area contributed by atoms with E-state index in [9.17, 15) is 9.59 Å². The molecule has 124 valence electrons. The number of rotatable bonds is 6. The summed E-state index contributed by atoms with van der Waals surface area (Å²) in [5.41, 5.74) is 0.652. The van der Waals surface area contributed by atoms with Crippen molar-refractivity contribution < 1.29 is 4.79 Å². The van der Waals surface area contributed by atoms with Crippen LogP contribution in [-0.2, 0) is 0 Å². The van der Waals surface area contributed by atoms with Crippen LogP contribution in [0.4, 0.5) is 0 Å². The minimum absolute atomic E-state index is 0.254. The Labute approximate surface area is 140 Å². The summed E-state index contributed by atoms with van der Waals surface area (Å²) in [7, 11) is 2.05. The minimum Gasteiger partial charge on any atom is -0.352 e. The Hall–Kier alpha value is -1.85. The van der Waals surface area contributed by atoms with Gasteiger partial charge in [0.2, 0.25) is 5.56 Å². The van der Waals surface area contributed by atoms with Crippen LogP contribution in [0.3, 0.4) is 0 Å². The maximum atomic E-state index is 12.4. The zero-order chi connectivity index (χ0) is 17.0. The van der Waals surface area contributed by atoms with Crippen molar-refractivity contribution in [2.45, 2.75) is 26.3 Å². The van der Waals surface area contributed by atoms with Crippen molar-refractivity contribution in [1.82, 2.24) is 15.2 Å². The molecule has 1 aromatic carbocycles. The number of pyridine rings is 1. The van der Waals surface area contributed by atoms with Crippen molar-refractivity contribution in [3.8, 4) is 0 Å². The van der Waals surface area contributed by atoms with Gasteiger partial charge in [0.15, 0.2) is 0 Å². The van der Waals surface area contributed by atoms with Gasteiger partial charge in [0.25, 0.3) is 5.91 Å². The van der Waals surface area contributed by atoms with Crippen LogP contribution in [0, 0.1) is 0 Å². The molecule has 0 aliphatic rings. The number of nitrogens with one attached hydrogen (secondary N) is 2. The lowest BCUT2D eigenvalue weighted by atomic mass is 10.1. The number of hydrogen-bond acceptors (Lipinski definition) is 3. The molecule has 6 heteroatoms. The van der Waals surface area contributed by atoms with Crippen LogP contribution in [0.5, 0.6) is 0 Å². The molecule has 0 bridgehead atoms. The number of fused-ring (bicyclic) bond motifs is 1. The van der Waals surface area contributed by atoms with E-state index in [1.807, 2.05) is 0 Å². The standard InChI is InChI=1S/C17H22ClN3O2/c1-11(2)21(3)8-4-7-19-17(23)14-10-16(22)20-15-6-5-12(18)9-13(14)15/h5-6,9-11H,4,7-8H2,1-3H3,(H,19,23)(H,20,22). The van der Waals surface area contributed by atoms with Crippen molar-refractivity contribution in [3.63, 3.8) is 0 Å². The molecule has 2 rings (SSSR count). The number of aromatic nitrogens is 1. The predicted octanol–water partition coefficient (Wildman–Crippen LogP) is 2.64. The maximum absolute atomic E-state index is 12.4. The Bertz CT molecular complexity index is 755. The lowest BCUT2D eigenvalue weighted by Gasteiger charge is -2.20. The zero-order valence-corrected chi connectivity index (χ0v) is 14.4. The molecule has 5 nitrogen and oxygen atoms in total. The summed E-state index contributed by atoms with van der Waals surface area (Å²) in [4.78, 5) is 29.0. The molecule has 0 saturated carbocycles. The molecule has 1 heterocycles. The maximum Gasteiger partial charge on any atom is 0.252 e. The summed E-state index contributed by atoms with van der Waals surface area (Å²) in [6, 6.07) is 6.86. The Morgan fingerprint density at radius 1 is 1.35 bits per heavy atom. The highest BCUT2D eigenvalue weighted by molar-refractivity contribution is 6.31. The normalized spacial score (nSPS) is 11.4. The summed E-state index contributed by atoms with van der Waals surface area (Å²) in [5, 5.41) is 4.04. The third kappa shape index (κ3) is 4.56. The van der Waals surface area contributed by atoms with Gasteiger partial charge in [-0.1, -0.05) is 11.6 Å². The first-order chi connectivity index (χ1) is 10.9. The molecule has 1 amide bonds. The topological polar surface area (TPSA) is 65.2 Å². The SMILES string of the molecule is CC(C)N(C)CCCNC(=O)c1cc(=O)[nH]c2ccc(Cl)cc12. The van der Waals surface area contributed by atoms with Crippen molar-refractivity contribution in [3.05, 3.63) is 45.2 Å². The number of H-pyrrole nitrogens is 1. The quantitative estimate of drug-likeness (QED) is 0.798. The van der Waals surface area contributed by atoms with Crippen LogP contribution in [0.25, 0.3) is 10.9 Å². The van der Waals surface area contributed by atoms with Gasteiger partial charge in [-0.3, -0.25) is 9.59 Å². The van der Waals surface area contributed by atoms with E-state index >= 15 is 0 Å². The Kier molecular flexibility index (Phi) is 5.80. The molecule has 0 radical (unpaired) electrons. The van der Waals surface area contributed by atoms with Crippen molar-refractivity contribution in [1.29, 1.82) is 0 Å². The number of carbonyl (C=O) groups is 1. The van der Waals surface area contributed by atoms with Crippen LogP contribution < -0.4 is 10.9 Å². The van der Waals surface area contributed by atoms with E-state index in [1.54, 1.807) is 18.2 Å². The third-order valence-electron chi connectivity index (χ3n) is 3.90. The van der Waals surface area contributed by atoms with Gasteiger partial charge in [0, 0.05) is 34.6 Å². The fraction of sp³-hybridized carbons (Fsp3) is 0.412. The molecule has 0 unspecified atom stereocenters. The molecular weight excluding hydrogens is 314 g/mol. The van der Waals surface area contributed by atoms with E-state index in [4.69, 9.17) is 11.6 Å². The van der Waals surface area contributed by atoms with Gasteiger partial charge < -0.3 is 15.2 Å². The van der Waals surface area contributed by atoms with Gasteiger partial charge in [0.05, 0.1) is 5.56 Å². The second-order valence-electron chi connectivity index (χ2n) is 5.92. The highest BCUT2D eigenvalue weighted by atomic mass is 35.5. The number of hydrogen-bond donors (Lipinski definition) is 2. The van der Waals surface area contributed by atoms with E-state index in [1.165, 1.54) is 6.07 Å². The third-order valence-corrected chi connectivity index (χ3v) is 4.14. The number of amides is 1. The first kappa shape index (κ1) is 17.5. The summed E-state index contributed by atoms with van der Waals surface area (Å²) in [6.07, 6.45) is 0.850. The molecule has 2 N–H and O–H groups in total. The zero-order valence-electron chi connectivity index (χ0n) is 13.6. The van der Waals surface area contributed by atoms with Crippen LogP contribution in [0.1, 0.15) is 30.6 Å². The summed E-state index contributed by atoms with van der Waals surface area (Å²) >= 11 is 6.00.